The van der Waals surface area contributed by atoms with E-state index >= 15 is 0 Å². The molecular weight excluding hydrogens is 454 g/mol. The van der Waals surface area contributed by atoms with Crippen LogP contribution in [0.3, 0.4) is 0 Å². The predicted molar refractivity (Wildman–Crippen MR) is 109 cm³/mol. The van der Waals surface area contributed by atoms with Crippen molar-refractivity contribution in [3.8, 4) is 0 Å². The van der Waals surface area contributed by atoms with Crippen LogP contribution in [0, 0.1) is 10.8 Å². The van der Waals surface area contributed by atoms with Crippen LogP contribution in [0.2, 0.25) is 13.1 Å². The Morgan fingerprint density at radius 2 is 0.846 bits per heavy atom. The van der Waals surface area contributed by atoms with Gasteiger partial charge in [0.25, 0.3) is 0 Å². The molecule has 0 bridgehead atoms. The fourth-order valence-corrected chi connectivity index (χ4v) is 29.2. The Morgan fingerprint density at radius 3 is 1.00 bits per heavy atom. The zero-order valence-corrected chi connectivity index (χ0v) is 24.0. The first-order chi connectivity index (χ1) is 10.8. The van der Waals surface area contributed by atoms with E-state index in [1.165, 1.54) is 0 Å². The first-order valence-electron chi connectivity index (χ1n) is 9.44. The van der Waals surface area contributed by atoms with Crippen LogP contribution in [-0.2, 0) is 20.9 Å². The molecule has 0 atom stereocenters. The Bertz CT molecular complexity index is 660. The van der Waals surface area contributed by atoms with E-state index in [0.717, 1.165) is 0 Å². The molecule has 0 spiro atoms. The van der Waals surface area contributed by atoms with Crippen molar-refractivity contribution in [3.63, 3.8) is 0 Å². The standard InChI is InChI=1S/2C10H15.C2H7Si.2ClH.Zr/c2*1-7-6-10(4,5)9(3)8(7)2;1-3-2;;;/h2*1-5H3;3H,1-2H3;2*1H;/q;;;;;+2/p-2. The van der Waals surface area contributed by atoms with E-state index in [0.29, 0.717) is 0 Å². The Balaban J connectivity index is 0.00000312. The monoisotopic (exact) mass is 489 g/mol. The minimum absolute atomic E-state index is 0. The van der Waals surface area contributed by atoms with Gasteiger partial charge in [0.2, 0.25) is 0 Å². The van der Waals surface area contributed by atoms with Gasteiger partial charge in [-0.15, -0.1) is 0 Å². The van der Waals surface area contributed by atoms with Crippen molar-refractivity contribution < 1.29 is 45.7 Å². The van der Waals surface area contributed by atoms with Gasteiger partial charge in [0.1, 0.15) is 0 Å². The molecule has 0 aromatic rings. The van der Waals surface area contributed by atoms with Gasteiger partial charge in [-0.1, -0.05) is 0 Å². The second-order valence-electron chi connectivity index (χ2n) is 9.32. The van der Waals surface area contributed by atoms with Crippen LogP contribution in [0.15, 0.2) is 40.0 Å². The van der Waals surface area contributed by atoms with E-state index in [4.69, 9.17) is 0 Å². The third-order valence-corrected chi connectivity index (χ3v) is 27.9. The summed E-state index contributed by atoms with van der Waals surface area (Å²) >= 11 is -1.86. The summed E-state index contributed by atoms with van der Waals surface area (Å²) in [7, 11) is 0. The molecule has 2 aliphatic rings. The molecule has 0 radical (unpaired) electrons. The SMILES string of the molecule is CC1=C(C)C(C)(C)[C]([Zr+2]([C]2=C(C)C(C)=C(C)C2(C)C)[SiH](C)C)=C1C.[Cl-].[Cl-]. The molecule has 2 rings (SSSR count). The molecule has 0 amide bonds. The molecule has 2 aliphatic carbocycles. The van der Waals surface area contributed by atoms with Crippen LogP contribution in [0.25, 0.3) is 0 Å². The van der Waals surface area contributed by atoms with E-state index in [-0.39, 0.29) is 35.6 Å². The second-order valence-corrected chi connectivity index (χ2v) is 28.1. The topological polar surface area (TPSA) is 0 Å². The molecule has 0 aliphatic heterocycles. The minimum atomic E-state index is -1.86. The van der Waals surface area contributed by atoms with Crippen LogP contribution in [-0.4, -0.2) is 5.92 Å². The fraction of sp³-hybridized carbons (Fsp3) is 0.636. The maximum Gasteiger partial charge on any atom is -1.00 e. The third-order valence-electron chi connectivity index (χ3n) is 7.24. The van der Waals surface area contributed by atoms with Crippen molar-refractivity contribution >= 4 is 5.92 Å². The summed E-state index contributed by atoms with van der Waals surface area (Å²) in [6.45, 7) is 29.6. The van der Waals surface area contributed by atoms with Crippen molar-refractivity contribution in [1.29, 1.82) is 0 Å². The van der Waals surface area contributed by atoms with E-state index in [1.54, 1.807) is 33.4 Å². The van der Waals surface area contributed by atoms with Crippen LogP contribution in [0.5, 0.6) is 0 Å². The quantitative estimate of drug-likeness (QED) is 0.515. The van der Waals surface area contributed by atoms with Gasteiger partial charge in [-0.3, -0.25) is 0 Å². The molecule has 0 aromatic carbocycles. The minimum Gasteiger partial charge on any atom is -1.00 e. The van der Waals surface area contributed by atoms with Crippen LogP contribution >= 0.6 is 0 Å². The molecule has 26 heavy (non-hydrogen) atoms. The number of rotatable bonds is 3. The summed E-state index contributed by atoms with van der Waals surface area (Å²) in [6.07, 6.45) is 0. The Labute approximate surface area is 183 Å². The van der Waals surface area contributed by atoms with E-state index in [1.807, 2.05) is 6.56 Å². The van der Waals surface area contributed by atoms with Crippen molar-refractivity contribution in [2.24, 2.45) is 10.8 Å². The van der Waals surface area contributed by atoms with Crippen LogP contribution < -0.4 is 24.8 Å². The van der Waals surface area contributed by atoms with E-state index in [9.17, 15) is 0 Å². The molecule has 0 unspecified atom stereocenters. The fourth-order valence-electron chi connectivity index (χ4n) is 4.97. The zero-order valence-electron chi connectivity index (χ0n) is 18.8. The number of hydrogen-bond donors (Lipinski definition) is 0. The van der Waals surface area contributed by atoms with Gasteiger partial charge in [-0.2, -0.15) is 0 Å². The number of allylic oxidation sites excluding steroid dienone is 8. The van der Waals surface area contributed by atoms with Gasteiger partial charge in [0, 0.05) is 0 Å². The maximum absolute atomic E-state index is 2.63. The summed E-state index contributed by atoms with van der Waals surface area (Å²) in [6, 6.07) is 0. The first-order valence-corrected chi connectivity index (χ1v) is 19.0. The van der Waals surface area contributed by atoms with E-state index < -0.39 is 26.8 Å². The van der Waals surface area contributed by atoms with Crippen LogP contribution in [0.4, 0.5) is 0 Å². The van der Waals surface area contributed by atoms with Gasteiger partial charge in [-0.25, -0.2) is 0 Å². The Kier molecular flexibility index (Phi) is 8.77. The van der Waals surface area contributed by atoms with Gasteiger partial charge in [0.15, 0.2) is 0 Å². The number of halogens is 2. The van der Waals surface area contributed by atoms with E-state index in [2.05, 4.69) is 82.3 Å². The summed E-state index contributed by atoms with van der Waals surface area (Å²) in [5.41, 5.74) is 10.3. The molecule has 0 saturated heterocycles. The first kappa shape index (κ1) is 26.6. The summed E-state index contributed by atoms with van der Waals surface area (Å²) in [5.74, 6) is -0.715. The number of hydrogen-bond acceptors (Lipinski definition) is 0. The summed E-state index contributed by atoms with van der Waals surface area (Å²) in [5, 5.41) is 0. The van der Waals surface area contributed by atoms with Crippen molar-refractivity contribution in [3.05, 3.63) is 40.0 Å². The maximum atomic E-state index is 2.63. The normalized spacial score (nSPS) is 21.6. The molecule has 0 fully saturated rings. The molecule has 147 valence electrons. The summed E-state index contributed by atoms with van der Waals surface area (Å²) < 4.78 is 3.85. The summed E-state index contributed by atoms with van der Waals surface area (Å²) in [4.78, 5) is 0. The van der Waals surface area contributed by atoms with Gasteiger partial charge in [-0.05, 0) is 0 Å². The molecule has 0 N–H and O–H groups in total. The van der Waals surface area contributed by atoms with Crippen molar-refractivity contribution in [1.82, 2.24) is 0 Å². The molecule has 0 nitrogen and oxygen atoms in total. The average molecular weight is 492 g/mol. The van der Waals surface area contributed by atoms with Crippen molar-refractivity contribution in [2.45, 2.75) is 82.3 Å². The Hall–Kier alpha value is 0.640. The molecule has 0 saturated carbocycles. The Morgan fingerprint density at radius 1 is 0.577 bits per heavy atom. The van der Waals surface area contributed by atoms with Crippen LogP contribution in [0.1, 0.15) is 69.2 Å². The predicted octanol–water partition coefficient (Wildman–Crippen LogP) is 0.896. The van der Waals surface area contributed by atoms with Crippen molar-refractivity contribution in [2.75, 3.05) is 0 Å². The molecule has 0 aromatic heterocycles. The second kappa shape index (κ2) is 8.56. The van der Waals surface area contributed by atoms with Gasteiger partial charge in [0.05, 0.1) is 0 Å². The van der Waals surface area contributed by atoms with Gasteiger partial charge < -0.3 is 24.8 Å². The molecule has 4 heteroatoms. The average Bonchev–Trinajstić information content (AvgIpc) is 2.71. The molecular formula is C22H37Cl2SiZr. The molecule has 0 heterocycles. The van der Waals surface area contributed by atoms with Gasteiger partial charge >= 0.3 is 160 Å². The largest absolute Gasteiger partial charge is 1.00 e. The third kappa shape index (κ3) is 3.74. The smallest absolute Gasteiger partial charge is 1.00 e. The zero-order chi connectivity index (χ0) is 18.8.